The standard InChI is InChI=1S/C21H16N2O4/c1-13-5-4-8-16(9-13)20-23-22-19(27-20)12-26-21(25)17-10-14-6-2-3-7-15(14)11-18(17)24/h2-11,24H,12H2,1H3. The Morgan fingerprint density at radius 2 is 1.81 bits per heavy atom. The maximum absolute atomic E-state index is 12.3. The minimum absolute atomic E-state index is 0.0899. The van der Waals surface area contributed by atoms with Gasteiger partial charge in [0.1, 0.15) is 11.3 Å². The fourth-order valence-corrected chi connectivity index (χ4v) is 2.80. The number of phenolic OH excluding ortho intramolecular Hbond substituents is 1. The Kier molecular flexibility index (Phi) is 4.30. The summed E-state index contributed by atoms with van der Waals surface area (Å²) in [7, 11) is 0. The molecule has 0 amide bonds. The zero-order valence-electron chi connectivity index (χ0n) is 14.5. The molecule has 6 heteroatoms. The number of aryl methyl sites for hydroxylation is 1. The number of nitrogens with zero attached hydrogens (tertiary/aromatic N) is 2. The zero-order valence-corrected chi connectivity index (χ0v) is 14.5. The number of rotatable bonds is 4. The van der Waals surface area contributed by atoms with Gasteiger partial charge in [0.15, 0.2) is 6.61 Å². The Morgan fingerprint density at radius 1 is 1.04 bits per heavy atom. The van der Waals surface area contributed by atoms with Crippen LogP contribution in [0.5, 0.6) is 5.75 Å². The summed E-state index contributed by atoms with van der Waals surface area (Å²) in [6, 6.07) is 18.2. The first-order valence-corrected chi connectivity index (χ1v) is 8.38. The number of aromatic nitrogens is 2. The van der Waals surface area contributed by atoms with Crippen molar-refractivity contribution in [3.8, 4) is 17.2 Å². The third-order valence-electron chi connectivity index (χ3n) is 4.14. The van der Waals surface area contributed by atoms with Crippen molar-refractivity contribution < 1.29 is 19.1 Å². The van der Waals surface area contributed by atoms with Crippen molar-refractivity contribution in [2.24, 2.45) is 0 Å². The Hall–Kier alpha value is -3.67. The van der Waals surface area contributed by atoms with E-state index in [1.54, 1.807) is 6.07 Å². The smallest absolute Gasteiger partial charge is 0.342 e. The number of fused-ring (bicyclic) bond motifs is 1. The van der Waals surface area contributed by atoms with Crippen molar-refractivity contribution in [1.82, 2.24) is 10.2 Å². The molecule has 0 bridgehead atoms. The molecule has 6 nitrogen and oxygen atoms in total. The number of phenols is 1. The van der Waals surface area contributed by atoms with Crippen LogP contribution in [0.25, 0.3) is 22.2 Å². The van der Waals surface area contributed by atoms with Crippen molar-refractivity contribution in [1.29, 1.82) is 0 Å². The molecule has 0 aliphatic heterocycles. The molecule has 0 spiro atoms. The number of benzene rings is 3. The minimum atomic E-state index is -0.659. The van der Waals surface area contributed by atoms with Crippen LogP contribution in [-0.2, 0) is 11.3 Å². The molecule has 0 saturated heterocycles. The van der Waals surface area contributed by atoms with Crippen molar-refractivity contribution in [2.75, 3.05) is 0 Å². The minimum Gasteiger partial charge on any atom is -0.507 e. The summed E-state index contributed by atoms with van der Waals surface area (Å²) in [5.74, 6) is -0.253. The lowest BCUT2D eigenvalue weighted by atomic mass is 10.1. The van der Waals surface area contributed by atoms with Crippen molar-refractivity contribution in [3.05, 3.63) is 77.7 Å². The molecule has 1 N–H and O–H groups in total. The van der Waals surface area contributed by atoms with Gasteiger partial charge < -0.3 is 14.3 Å². The monoisotopic (exact) mass is 360 g/mol. The van der Waals surface area contributed by atoms with Gasteiger partial charge in [0.25, 0.3) is 5.89 Å². The lowest BCUT2D eigenvalue weighted by molar-refractivity contribution is 0.0435. The molecular weight excluding hydrogens is 344 g/mol. The van der Waals surface area contributed by atoms with Gasteiger partial charge in [0.05, 0.1) is 0 Å². The molecule has 0 unspecified atom stereocenters. The van der Waals surface area contributed by atoms with E-state index in [2.05, 4.69) is 10.2 Å². The van der Waals surface area contributed by atoms with Gasteiger partial charge in [0.2, 0.25) is 5.89 Å². The Morgan fingerprint density at radius 3 is 2.59 bits per heavy atom. The Bertz CT molecular complexity index is 1130. The SMILES string of the molecule is Cc1cccc(-c2nnc(COC(=O)c3cc4ccccc4cc3O)o2)c1. The highest BCUT2D eigenvalue weighted by molar-refractivity contribution is 5.98. The second-order valence-corrected chi connectivity index (χ2v) is 6.16. The van der Waals surface area contributed by atoms with Crippen LogP contribution in [0.15, 0.2) is 65.1 Å². The largest absolute Gasteiger partial charge is 0.507 e. The van der Waals surface area contributed by atoms with Crippen LogP contribution in [0, 0.1) is 6.92 Å². The van der Waals surface area contributed by atoms with Gasteiger partial charge in [0, 0.05) is 5.56 Å². The molecule has 0 aliphatic carbocycles. The van der Waals surface area contributed by atoms with Crippen LogP contribution in [-0.4, -0.2) is 21.3 Å². The summed E-state index contributed by atoms with van der Waals surface area (Å²) in [6.07, 6.45) is 0. The molecule has 27 heavy (non-hydrogen) atoms. The Balaban J connectivity index is 1.49. The lowest BCUT2D eigenvalue weighted by Gasteiger charge is -2.06. The van der Waals surface area contributed by atoms with E-state index in [0.29, 0.717) is 5.89 Å². The molecule has 0 fully saturated rings. The van der Waals surface area contributed by atoms with E-state index < -0.39 is 5.97 Å². The first-order chi connectivity index (χ1) is 13.1. The van der Waals surface area contributed by atoms with Gasteiger partial charge in [-0.2, -0.15) is 0 Å². The number of ether oxygens (including phenoxy) is 1. The lowest BCUT2D eigenvalue weighted by Crippen LogP contribution is -2.06. The first kappa shape index (κ1) is 16.8. The zero-order chi connectivity index (χ0) is 18.8. The van der Waals surface area contributed by atoms with Gasteiger partial charge >= 0.3 is 5.97 Å². The van der Waals surface area contributed by atoms with Gasteiger partial charge in [-0.3, -0.25) is 0 Å². The molecule has 4 aromatic rings. The third kappa shape index (κ3) is 3.50. The highest BCUT2D eigenvalue weighted by atomic mass is 16.5. The summed E-state index contributed by atoms with van der Waals surface area (Å²) in [6.45, 7) is 1.79. The summed E-state index contributed by atoms with van der Waals surface area (Å²) in [5, 5.41) is 19.7. The third-order valence-corrected chi connectivity index (χ3v) is 4.14. The van der Waals surface area contributed by atoms with E-state index in [1.165, 1.54) is 6.07 Å². The quantitative estimate of drug-likeness (QED) is 0.547. The number of carbonyl (C=O) groups is 1. The second kappa shape index (κ2) is 6.92. The predicted molar refractivity (Wildman–Crippen MR) is 99.2 cm³/mol. The fraction of sp³-hybridized carbons (Fsp3) is 0.0952. The van der Waals surface area contributed by atoms with Gasteiger partial charge in [-0.1, -0.05) is 42.0 Å². The molecule has 0 aliphatic rings. The fourth-order valence-electron chi connectivity index (χ4n) is 2.80. The summed E-state index contributed by atoms with van der Waals surface area (Å²) >= 11 is 0. The highest BCUT2D eigenvalue weighted by Gasteiger charge is 2.16. The predicted octanol–water partition coefficient (Wildman–Crippen LogP) is 4.26. The molecule has 134 valence electrons. The summed E-state index contributed by atoms with van der Waals surface area (Å²) in [4.78, 5) is 12.3. The molecule has 4 rings (SSSR count). The van der Waals surface area contributed by atoms with Gasteiger partial charge in [-0.15, -0.1) is 10.2 Å². The van der Waals surface area contributed by atoms with E-state index >= 15 is 0 Å². The van der Waals surface area contributed by atoms with E-state index in [9.17, 15) is 9.90 Å². The van der Waals surface area contributed by atoms with Crippen LogP contribution in [0.2, 0.25) is 0 Å². The van der Waals surface area contributed by atoms with Crippen LogP contribution in [0.4, 0.5) is 0 Å². The number of hydrogen-bond acceptors (Lipinski definition) is 6. The normalized spacial score (nSPS) is 10.9. The maximum atomic E-state index is 12.3. The molecular formula is C21H16N2O4. The van der Waals surface area contributed by atoms with E-state index in [0.717, 1.165) is 21.9 Å². The van der Waals surface area contributed by atoms with Gasteiger partial charge in [-0.05, 0) is 42.0 Å². The molecule has 0 saturated carbocycles. The van der Waals surface area contributed by atoms with Crippen molar-refractivity contribution >= 4 is 16.7 Å². The van der Waals surface area contributed by atoms with Crippen molar-refractivity contribution in [3.63, 3.8) is 0 Å². The Labute approximate surface area is 155 Å². The van der Waals surface area contributed by atoms with Crippen LogP contribution < -0.4 is 0 Å². The van der Waals surface area contributed by atoms with Crippen molar-refractivity contribution in [2.45, 2.75) is 13.5 Å². The average Bonchev–Trinajstić information content (AvgIpc) is 3.14. The topological polar surface area (TPSA) is 85.5 Å². The summed E-state index contributed by atoms with van der Waals surface area (Å²) in [5.41, 5.74) is 1.96. The van der Waals surface area contributed by atoms with E-state index in [1.807, 2.05) is 55.5 Å². The maximum Gasteiger partial charge on any atom is 0.342 e. The second-order valence-electron chi connectivity index (χ2n) is 6.16. The number of esters is 1. The van der Waals surface area contributed by atoms with E-state index in [4.69, 9.17) is 9.15 Å². The average molecular weight is 360 g/mol. The summed E-state index contributed by atoms with van der Waals surface area (Å²) < 4.78 is 10.8. The highest BCUT2D eigenvalue weighted by Crippen LogP contribution is 2.26. The van der Waals surface area contributed by atoms with Crippen LogP contribution in [0.1, 0.15) is 21.8 Å². The molecule has 0 atom stereocenters. The van der Waals surface area contributed by atoms with Gasteiger partial charge in [-0.25, -0.2) is 4.79 Å². The number of carbonyl (C=O) groups excluding carboxylic acids is 1. The first-order valence-electron chi connectivity index (χ1n) is 8.38. The molecule has 0 radical (unpaired) electrons. The molecule has 3 aromatic carbocycles. The van der Waals surface area contributed by atoms with Crippen LogP contribution >= 0.6 is 0 Å². The number of hydrogen-bond donors (Lipinski definition) is 1. The van der Waals surface area contributed by atoms with E-state index in [-0.39, 0.29) is 23.8 Å². The van der Waals surface area contributed by atoms with Crippen LogP contribution in [0.3, 0.4) is 0 Å². The number of aromatic hydroxyl groups is 1. The molecule has 1 heterocycles. The molecule has 1 aromatic heterocycles.